The molecular weight excluding hydrogens is 180 g/mol. The van der Waals surface area contributed by atoms with E-state index in [9.17, 15) is 0 Å². The van der Waals surface area contributed by atoms with Gasteiger partial charge in [-0.25, -0.2) is 0 Å². The Bertz CT molecular complexity index is 299. The van der Waals surface area contributed by atoms with Gasteiger partial charge in [-0.15, -0.1) is 0 Å². The van der Waals surface area contributed by atoms with Gasteiger partial charge in [-0.05, 0) is 60.7 Å². The molecule has 0 nitrogen and oxygen atoms in total. The first kappa shape index (κ1) is 9.93. The standard InChI is InChI=1S/C15H24/c1-9(2)11-7-8-15(4)12-6-5-10(3)14(15)13(11)12/h9,11-14H,3,5-8H2,1-2,4H3/t11-,12+,13+,14-,15-/m0/s1. The van der Waals surface area contributed by atoms with Crippen LogP contribution in [0, 0.1) is 35.0 Å². The third kappa shape index (κ3) is 1.04. The average molecular weight is 204 g/mol. The quantitative estimate of drug-likeness (QED) is 0.559. The summed E-state index contributed by atoms with van der Waals surface area (Å²) in [6, 6.07) is 0. The lowest BCUT2D eigenvalue weighted by Crippen LogP contribution is -2.64. The van der Waals surface area contributed by atoms with E-state index in [0.29, 0.717) is 5.41 Å². The van der Waals surface area contributed by atoms with Gasteiger partial charge in [-0.1, -0.05) is 32.9 Å². The predicted octanol–water partition coefficient (Wildman–Crippen LogP) is 4.27. The van der Waals surface area contributed by atoms with Crippen LogP contribution in [0.4, 0.5) is 0 Å². The minimum atomic E-state index is 0.672. The highest BCUT2D eigenvalue weighted by Crippen LogP contribution is 2.72. The van der Waals surface area contributed by atoms with Crippen LogP contribution in [-0.4, -0.2) is 0 Å². The molecule has 15 heavy (non-hydrogen) atoms. The largest absolute Gasteiger partial charge is 0.0995 e. The van der Waals surface area contributed by atoms with Gasteiger partial charge >= 0.3 is 0 Å². The molecule has 0 aliphatic heterocycles. The van der Waals surface area contributed by atoms with Crippen LogP contribution in [0.3, 0.4) is 0 Å². The second-order valence-corrected chi connectivity index (χ2v) is 6.81. The summed E-state index contributed by atoms with van der Waals surface area (Å²) in [6.07, 6.45) is 5.73. The molecule has 0 unspecified atom stereocenters. The highest BCUT2D eigenvalue weighted by molar-refractivity contribution is 5.26. The van der Waals surface area contributed by atoms with Crippen molar-refractivity contribution in [3.8, 4) is 0 Å². The van der Waals surface area contributed by atoms with Crippen molar-refractivity contribution in [2.75, 3.05) is 0 Å². The maximum absolute atomic E-state index is 4.35. The second-order valence-electron chi connectivity index (χ2n) is 6.81. The zero-order valence-corrected chi connectivity index (χ0v) is 10.4. The Labute approximate surface area is 94.1 Å². The topological polar surface area (TPSA) is 0 Å². The number of hydrogen-bond acceptors (Lipinski definition) is 0. The molecule has 0 spiro atoms. The molecule has 0 N–H and O–H groups in total. The normalized spacial score (nSPS) is 52.9. The van der Waals surface area contributed by atoms with Gasteiger partial charge in [0, 0.05) is 0 Å². The van der Waals surface area contributed by atoms with E-state index >= 15 is 0 Å². The lowest BCUT2D eigenvalue weighted by molar-refractivity contribution is -0.194. The molecule has 0 saturated heterocycles. The van der Waals surface area contributed by atoms with Gasteiger partial charge in [-0.3, -0.25) is 0 Å². The van der Waals surface area contributed by atoms with Crippen molar-refractivity contribution in [3.05, 3.63) is 12.2 Å². The fraction of sp³-hybridized carbons (Fsp3) is 0.867. The Morgan fingerprint density at radius 1 is 1.33 bits per heavy atom. The number of fused-ring (bicyclic) bond motifs is 2. The molecule has 4 rings (SSSR count). The average Bonchev–Trinajstić information content (AvgIpc) is 2.17. The van der Waals surface area contributed by atoms with Crippen LogP contribution in [0.2, 0.25) is 0 Å². The summed E-state index contributed by atoms with van der Waals surface area (Å²) >= 11 is 0. The zero-order valence-electron chi connectivity index (χ0n) is 10.4. The molecule has 0 heterocycles. The molecule has 4 bridgehead atoms. The molecule has 4 fully saturated rings. The number of allylic oxidation sites excluding steroid dienone is 1. The first-order valence-electron chi connectivity index (χ1n) is 6.73. The third-order valence-corrected chi connectivity index (χ3v) is 5.99. The maximum Gasteiger partial charge on any atom is -0.0115 e. The first-order chi connectivity index (χ1) is 7.05. The molecule has 4 aliphatic rings. The lowest BCUT2D eigenvalue weighted by Gasteiger charge is -2.71. The molecule has 4 aliphatic carbocycles. The van der Waals surface area contributed by atoms with Crippen LogP contribution in [0.25, 0.3) is 0 Å². The summed E-state index contributed by atoms with van der Waals surface area (Å²) < 4.78 is 0. The summed E-state index contributed by atoms with van der Waals surface area (Å²) in [5.41, 5.74) is 2.26. The molecule has 84 valence electrons. The van der Waals surface area contributed by atoms with Crippen LogP contribution in [0.5, 0.6) is 0 Å². The number of rotatable bonds is 1. The van der Waals surface area contributed by atoms with Crippen molar-refractivity contribution in [1.29, 1.82) is 0 Å². The summed E-state index contributed by atoms with van der Waals surface area (Å²) in [5, 5.41) is 0. The summed E-state index contributed by atoms with van der Waals surface area (Å²) in [6.45, 7) is 11.7. The van der Waals surface area contributed by atoms with E-state index in [2.05, 4.69) is 27.4 Å². The van der Waals surface area contributed by atoms with E-state index < -0.39 is 0 Å². The van der Waals surface area contributed by atoms with Crippen molar-refractivity contribution in [2.24, 2.45) is 35.0 Å². The Balaban J connectivity index is 1.93. The fourth-order valence-electron chi connectivity index (χ4n) is 5.32. The smallest absolute Gasteiger partial charge is 0.0115 e. The Morgan fingerprint density at radius 2 is 2.07 bits per heavy atom. The van der Waals surface area contributed by atoms with Crippen molar-refractivity contribution < 1.29 is 0 Å². The van der Waals surface area contributed by atoms with Gasteiger partial charge in [0.25, 0.3) is 0 Å². The van der Waals surface area contributed by atoms with Crippen molar-refractivity contribution >= 4 is 0 Å². The van der Waals surface area contributed by atoms with E-state index in [4.69, 9.17) is 0 Å². The summed E-state index contributed by atoms with van der Waals surface area (Å²) in [7, 11) is 0. The highest BCUT2D eigenvalue weighted by atomic mass is 14.7. The molecule has 5 atom stereocenters. The molecule has 0 aromatic carbocycles. The van der Waals surface area contributed by atoms with E-state index in [1.807, 2.05) is 0 Å². The second kappa shape index (κ2) is 2.90. The predicted molar refractivity (Wildman–Crippen MR) is 64.5 cm³/mol. The van der Waals surface area contributed by atoms with Gasteiger partial charge in [0.2, 0.25) is 0 Å². The first-order valence-corrected chi connectivity index (χ1v) is 6.73. The molecular formula is C15H24. The van der Waals surface area contributed by atoms with E-state index in [1.165, 1.54) is 25.7 Å². The highest BCUT2D eigenvalue weighted by Gasteiger charge is 2.65. The minimum Gasteiger partial charge on any atom is -0.0995 e. The third-order valence-electron chi connectivity index (χ3n) is 5.99. The lowest BCUT2D eigenvalue weighted by atomic mass is 9.33. The molecule has 4 saturated carbocycles. The number of hydrogen-bond donors (Lipinski definition) is 0. The zero-order chi connectivity index (χ0) is 10.8. The fourth-order valence-corrected chi connectivity index (χ4v) is 5.32. The van der Waals surface area contributed by atoms with Gasteiger partial charge in [0.05, 0.1) is 0 Å². The van der Waals surface area contributed by atoms with E-state index in [-0.39, 0.29) is 0 Å². The summed E-state index contributed by atoms with van der Waals surface area (Å²) in [4.78, 5) is 0. The van der Waals surface area contributed by atoms with Crippen LogP contribution in [0.1, 0.15) is 46.5 Å². The molecule has 0 aromatic rings. The SMILES string of the molecule is C=C1CC[C@@H]2[C@H]3[C@H](C(C)C)CC[C@]2(C)[C@@H]13. The Morgan fingerprint density at radius 3 is 2.67 bits per heavy atom. The van der Waals surface area contributed by atoms with Crippen molar-refractivity contribution in [1.82, 2.24) is 0 Å². The summed E-state index contributed by atoms with van der Waals surface area (Å²) in [5.74, 6) is 4.85. The van der Waals surface area contributed by atoms with Crippen LogP contribution in [-0.2, 0) is 0 Å². The van der Waals surface area contributed by atoms with Crippen LogP contribution < -0.4 is 0 Å². The van der Waals surface area contributed by atoms with Crippen molar-refractivity contribution in [2.45, 2.75) is 46.5 Å². The molecule has 0 heteroatoms. The minimum absolute atomic E-state index is 0.672. The van der Waals surface area contributed by atoms with Gasteiger partial charge < -0.3 is 0 Å². The maximum atomic E-state index is 4.35. The van der Waals surface area contributed by atoms with E-state index in [1.54, 1.807) is 5.57 Å². The van der Waals surface area contributed by atoms with Crippen LogP contribution >= 0.6 is 0 Å². The Hall–Kier alpha value is -0.260. The Kier molecular flexibility index (Phi) is 1.92. The monoisotopic (exact) mass is 204 g/mol. The van der Waals surface area contributed by atoms with Gasteiger partial charge in [-0.2, -0.15) is 0 Å². The molecule has 0 radical (unpaired) electrons. The van der Waals surface area contributed by atoms with Crippen LogP contribution in [0.15, 0.2) is 12.2 Å². The van der Waals surface area contributed by atoms with Gasteiger partial charge in [0.1, 0.15) is 0 Å². The molecule has 0 aromatic heterocycles. The van der Waals surface area contributed by atoms with E-state index in [0.717, 1.165) is 29.6 Å². The van der Waals surface area contributed by atoms with Crippen molar-refractivity contribution in [3.63, 3.8) is 0 Å². The van der Waals surface area contributed by atoms with Gasteiger partial charge in [0.15, 0.2) is 0 Å². The molecule has 0 amide bonds.